The molecule has 0 aliphatic carbocycles. The molecule has 0 atom stereocenters. The van der Waals surface area contributed by atoms with Gasteiger partial charge in [0, 0.05) is 48.2 Å². The second-order valence-corrected chi connectivity index (χ2v) is 6.78. The first kappa shape index (κ1) is 18.9. The fraction of sp³-hybridized carbons (Fsp3) is 0.238. The zero-order chi connectivity index (χ0) is 20.4. The number of H-pyrrole nitrogens is 1. The van der Waals surface area contributed by atoms with E-state index in [9.17, 15) is 9.18 Å². The van der Waals surface area contributed by atoms with Crippen molar-refractivity contribution >= 4 is 17.3 Å². The molecule has 1 amide bonds. The van der Waals surface area contributed by atoms with Gasteiger partial charge in [0.15, 0.2) is 0 Å². The number of hydrogen-bond acceptors (Lipinski definition) is 5. The van der Waals surface area contributed by atoms with Gasteiger partial charge in [0.25, 0.3) is 5.91 Å². The van der Waals surface area contributed by atoms with Crippen LogP contribution >= 0.6 is 0 Å². The molecule has 0 bridgehead atoms. The number of pyridine rings is 1. The molecule has 3 aromatic rings. The lowest BCUT2D eigenvalue weighted by Gasteiger charge is -2.17. The lowest BCUT2D eigenvalue weighted by Crippen LogP contribution is -2.31. The minimum atomic E-state index is -0.318. The molecule has 0 unspecified atom stereocenters. The van der Waals surface area contributed by atoms with Crippen molar-refractivity contribution in [2.75, 3.05) is 25.0 Å². The topological polar surface area (TPSA) is 105 Å². The fourth-order valence-electron chi connectivity index (χ4n) is 3.45. The molecule has 0 radical (unpaired) electrons. The van der Waals surface area contributed by atoms with Crippen molar-refractivity contribution in [3.8, 4) is 17.0 Å². The number of fused-ring (bicyclic) bond motifs is 1. The Morgan fingerprint density at radius 2 is 2.21 bits per heavy atom. The minimum Gasteiger partial charge on any atom is -0.490 e. The summed E-state index contributed by atoms with van der Waals surface area (Å²) in [6.45, 7) is 2.95. The molecule has 0 fully saturated rings. The summed E-state index contributed by atoms with van der Waals surface area (Å²) in [6.07, 6.45) is 3.94. The van der Waals surface area contributed by atoms with Gasteiger partial charge in [-0.25, -0.2) is 4.39 Å². The maximum atomic E-state index is 14.1. The number of halogens is 1. The Labute approximate surface area is 167 Å². The molecule has 4 rings (SSSR count). The van der Waals surface area contributed by atoms with Crippen molar-refractivity contribution in [2.45, 2.75) is 13.3 Å². The summed E-state index contributed by atoms with van der Waals surface area (Å²) in [5.41, 5.74) is 9.98. The monoisotopic (exact) mass is 395 g/mol. The van der Waals surface area contributed by atoms with Crippen LogP contribution in [0, 0.1) is 12.7 Å². The van der Waals surface area contributed by atoms with Crippen molar-refractivity contribution < 1.29 is 13.9 Å². The van der Waals surface area contributed by atoms with Gasteiger partial charge < -0.3 is 26.1 Å². The van der Waals surface area contributed by atoms with E-state index in [2.05, 4.69) is 20.6 Å². The van der Waals surface area contributed by atoms with E-state index < -0.39 is 0 Å². The number of nitrogens with one attached hydrogen (secondary N) is 3. The fourth-order valence-corrected chi connectivity index (χ4v) is 3.45. The summed E-state index contributed by atoms with van der Waals surface area (Å²) in [5, 5.41) is 6.14. The number of amides is 1. The highest BCUT2D eigenvalue weighted by Crippen LogP contribution is 2.40. The lowest BCUT2D eigenvalue weighted by atomic mass is 10.0. The van der Waals surface area contributed by atoms with E-state index in [1.807, 2.05) is 6.07 Å². The molecule has 2 aromatic heterocycles. The molecule has 8 heteroatoms. The van der Waals surface area contributed by atoms with Gasteiger partial charge in [0.05, 0.1) is 23.1 Å². The zero-order valence-corrected chi connectivity index (χ0v) is 16.0. The summed E-state index contributed by atoms with van der Waals surface area (Å²) >= 11 is 0. The van der Waals surface area contributed by atoms with Crippen LogP contribution in [0.15, 0.2) is 36.7 Å². The van der Waals surface area contributed by atoms with E-state index in [0.29, 0.717) is 60.1 Å². The number of ether oxygens (including phenoxy) is 1. The molecule has 3 heterocycles. The Hall–Kier alpha value is -3.39. The molecule has 1 aliphatic rings. The quantitative estimate of drug-likeness (QED) is 0.514. The average molecular weight is 395 g/mol. The maximum Gasteiger partial charge on any atom is 0.255 e. The van der Waals surface area contributed by atoms with Crippen LogP contribution < -0.4 is 21.1 Å². The molecular formula is C21H22FN5O2. The van der Waals surface area contributed by atoms with Crippen molar-refractivity contribution in [1.29, 1.82) is 0 Å². The Balaban J connectivity index is 1.87. The maximum absolute atomic E-state index is 14.1. The zero-order valence-electron chi connectivity index (χ0n) is 16.0. The van der Waals surface area contributed by atoms with Crippen LogP contribution in [0.2, 0.25) is 0 Å². The summed E-state index contributed by atoms with van der Waals surface area (Å²) in [5.74, 6) is 0.0565. The summed E-state index contributed by atoms with van der Waals surface area (Å²) in [4.78, 5) is 20.1. The van der Waals surface area contributed by atoms with Crippen molar-refractivity contribution in [3.63, 3.8) is 0 Å². The molecule has 0 saturated carbocycles. The second kappa shape index (κ2) is 7.92. The van der Waals surface area contributed by atoms with E-state index in [1.54, 1.807) is 31.5 Å². The highest BCUT2D eigenvalue weighted by Gasteiger charge is 2.28. The number of nitrogens with two attached hydrogens (primary N) is 1. The number of aromatic amines is 1. The molecule has 7 nitrogen and oxygen atoms in total. The van der Waals surface area contributed by atoms with Gasteiger partial charge in [-0.15, -0.1) is 0 Å². The number of carbonyl (C=O) groups is 1. The van der Waals surface area contributed by atoms with E-state index in [0.717, 1.165) is 11.3 Å². The van der Waals surface area contributed by atoms with Gasteiger partial charge in [-0.05, 0) is 25.1 Å². The third-order valence-corrected chi connectivity index (χ3v) is 4.92. The summed E-state index contributed by atoms with van der Waals surface area (Å²) < 4.78 is 19.8. The van der Waals surface area contributed by atoms with Crippen LogP contribution in [-0.2, 0) is 6.42 Å². The van der Waals surface area contributed by atoms with Gasteiger partial charge in [-0.3, -0.25) is 9.78 Å². The van der Waals surface area contributed by atoms with Gasteiger partial charge in [-0.2, -0.15) is 0 Å². The standard InChI is InChI=1S/C21H22FN5O2/c1-12-14(22)3-2-4-15(12)26-20-18-16(6-9-25-21(18)28)27-19(20)13-5-8-24-11-17(13)29-10-7-23/h2-5,8,11,26-27H,6-7,9-10,23H2,1H3,(H,25,28). The highest BCUT2D eigenvalue weighted by atomic mass is 19.1. The largest absolute Gasteiger partial charge is 0.490 e. The SMILES string of the molecule is Cc1c(F)cccc1Nc1c(-c2ccncc2OCCN)[nH]c2c1C(=O)NCC2. The van der Waals surface area contributed by atoms with E-state index in [1.165, 1.54) is 6.07 Å². The number of aromatic nitrogens is 2. The number of carbonyl (C=O) groups excluding carboxylic acids is 1. The van der Waals surface area contributed by atoms with Crippen LogP contribution in [0.4, 0.5) is 15.8 Å². The van der Waals surface area contributed by atoms with Crippen LogP contribution in [-0.4, -0.2) is 35.6 Å². The first-order valence-electron chi connectivity index (χ1n) is 9.42. The number of rotatable bonds is 6. The van der Waals surface area contributed by atoms with Crippen LogP contribution in [0.1, 0.15) is 21.6 Å². The van der Waals surface area contributed by atoms with Crippen LogP contribution in [0.5, 0.6) is 5.75 Å². The third-order valence-electron chi connectivity index (χ3n) is 4.92. The predicted molar refractivity (Wildman–Crippen MR) is 109 cm³/mol. The number of benzene rings is 1. The minimum absolute atomic E-state index is 0.177. The van der Waals surface area contributed by atoms with Gasteiger partial charge in [0.1, 0.15) is 18.2 Å². The van der Waals surface area contributed by atoms with Gasteiger partial charge in [0.2, 0.25) is 0 Å². The first-order valence-corrected chi connectivity index (χ1v) is 9.42. The van der Waals surface area contributed by atoms with E-state index in [4.69, 9.17) is 10.5 Å². The van der Waals surface area contributed by atoms with Crippen molar-refractivity contribution in [3.05, 3.63) is 59.3 Å². The molecule has 150 valence electrons. The Bertz CT molecular complexity index is 1060. The highest BCUT2D eigenvalue weighted by molar-refractivity contribution is 6.06. The number of anilines is 2. The smallest absolute Gasteiger partial charge is 0.255 e. The van der Waals surface area contributed by atoms with E-state index >= 15 is 0 Å². The Morgan fingerprint density at radius 3 is 3.03 bits per heavy atom. The Morgan fingerprint density at radius 1 is 1.34 bits per heavy atom. The van der Waals surface area contributed by atoms with Crippen molar-refractivity contribution in [1.82, 2.24) is 15.3 Å². The second-order valence-electron chi connectivity index (χ2n) is 6.78. The van der Waals surface area contributed by atoms with Crippen LogP contribution in [0.3, 0.4) is 0 Å². The first-order chi connectivity index (χ1) is 14.1. The average Bonchev–Trinajstić information content (AvgIpc) is 3.09. The molecule has 5 N–H and O–H groups in total. The predicted octanol–water partition coefficient (Wildman–Crippen LogP) is 2.89. The summed E-state index contributed by atoms with van der Waals surface area (Å²) in [7, 11) is 0. The third kappa shape index (κ3) is 3.54. The summed E-state index contributed by atoms with van der Waals surface area (Å²) in [6, 6.07) is 6.62. The van der Waals surface area contributed by atoms with Gasteiger partial charge in [-0.1, -0.05) is 6.07 Å². The molecule has 0 saturated heterocycles. The normalized spacial score (nSPS) is 13.0. The molecule has 1 aromatic carbocycles. The lowest BCUT2D eigenvalue weighted by molar-refractivity contribution is 0.0947. The molecule has 1 aliphatic heterocycles. The number of hydrogen-bond donors (Lipinski definition) is 4. The van der Waals surface area contributed by atoms with Crippen LogP contribution in [0.25, 0.3) is 11.3 Å². The van der Waals surface area contributed by atoms with Crippen molar-refractivity contribution in [2.24, 2.45) is 5.73 Å². The van der Waals surface area contributed by atoms with E-state index in [-0.39, 0.29) is 11.7 Å². The molecule has 0 spiro atoms. The molecular weight excluding hydrogens is 373 g/mol. The Kier molecular flexibility index (Phi) is 5.18. The number of nitrogens with zero attached hydrogens (tertiary/aromatic N) is 1. The van der Waals surface area contributed by atoms with Gasteiger partial charge >= 0.3 is 0 Å². The molecule has 29 heavy (non-hydrogen) atoms.